The van der Waals surface area contributed by atoms with Crippen molar-refractivity contribution in [3.63, 3.8) is 0 Å². The third kappa shape index (κ3) is 5.80. The van der Waals surface area contributed by atoms with Crippen molar-refractivity contribution in [2.75, 3.05) is 13.1 Å². The van der Waals surface area contributed by atoms with Crippen LogP contribution in [0.2, 0.25) is 0 Å². The van der Waals surface area contributed by atoms with Crippen LogP contribution in [0.4, 0.5) is 0 Å². The molecule has 0 saturated carbocycles. The Morgan fingerprint density at radius 3 is 2.68 bits per heavy atom. The topological polar surface area (TPSA) is 59.0 Å². The van der Waals surface area contributed by atoms with Crippen LogP contribution in [0.5, 0.6) is 0 Å². The highest BCUT2D eigenvalue weighted by molar-refractivity contribution is 5.85. The van der Waals surface area contributed by atoms with Crippen LogP contribution in [0.3, 0.4) is 0 Å². The van der Waals surface area contributed by atoms with Crippen LogP contribution in [0.25, 0.3) is 0 Å². The maximum Gasteiger partial charge on any atom is 0.222 e. The lowest BCUT2D eigenvalue weighted by molar-refractivity contribution is -0.123. The zero-order chi connectivity index (χ0) is 12.1. The number of amides is 1. The Balaban J connectivity index is 0.00000162. The smallest absolute Gasteiger partial charge is 0.222 e. The van der Waals surface area contributed by atoms with Crippen molar-refractivity contribution < 1.29 is 4.79 Å². The summed E-state index contributed by atoms with van der Waals surface area (Å²) >= 11 is 0. The lowest BCUT2D eigenvalue weighted by Crippen LogP contribution is -2.52. The molecule has 2 heterocycles. The molecule has 19 heavy (non-hydrogen) atoms. The molecule has 0 spiro atoms. The predicted molar refractivity (Wildman–Crippen MR) is 80.0 cm³/mol. The minimum absolute atomic E-state index is 0. The van der Waals surface area contributed by atoms with Gasteiger partial charge in [0.25, 0.3) is 0 Å². The maximum absolute atomic E-state index is 11.8. The van der Waals surface area contributed by atoms with Crippen LogP contribution in [-0.2, 0) is 11.3 Å². The zero-order valence-corrected chi connectivity index (χ0v) is 12.7. The van der Waals surface area contributed by atoms with Crippen molar-refractivity contribution in [2.45, 2.75) is 38.3 Å². The van der Waals surface area contributed by atoms with Crippen molar-refractivity contribution in [2.24, 2.45) is 0 Å². The third-order valence-electron chi connectivity index (χ3n) is 3.28. The molecule has 0 bridgehead atoms. The van der Waals surface area contributed by atoms with E-state index in [1.54, 1.807) is 10.9 Å². The molecule has 2 rings (SSSR count). The second kappa shape index (κ2) is 8.40. The summed E-state index contributed by atoms with van der Waals surface area (Å²) < 4.78 is 1.78. The Morgan fingerprint density at radius 1 is 1.42 bits per heavy atom. The SMILES string of the molecule is CC1(NC(=O)CCn2cccn2)CCNCC1.Cl.Cl. The van der Waals surface area contributed by atoms with Gasteiger partial charge in [0.2, 0.25) is 5.91 Å². The van der Waals surface area contributed by atoms with Gasteiger partial charge in [0, 0.05) is 30.9 Å². The van der Waals surface area contributed by atoms with Gasteiger partial charge in [-0.3, -0.25) is 9.48 Å². The molecule has 0 aromatic carbocycles. The van der Waals surface area contributed by atoms with E-state index in [0.717, 1.165) is 25.9 Å². The zero-order valence-electron chi connectivity index (χ0n) is 11.1. The van der Waals surface area contributed by atoms with E-state index >= 15 is 0 Å². The summed E-state index contributed by atoms with van der Waals surface area (Å²) in [5, 5.41) is 10.5. The van der Waals surface area contributed by atoms with E-state index in [0.29, 0.717) is 13.0 Å². The quantitative estimate of drug-likeness (QED) is 0.883. The molecule has 1 aromatic rings. The number of aryl methyl sites for hydroxylation is 1. The van der Waals surface area contributed by atoms with Crippen LogP contribution in [-0.4, -0.2) is 34.3 Å². The van der Waals surface area contributed by atoms with Gasteiger partial charge in [0.15, 0.2) is 0 Å². The van der Waals surface area contributed by atoms with E-state index in [9.17, 15) is 4.79 Å². The maximum atomic E-state index is 11.8. The number of piperidine rings is 1. The van der Waals surface area contributed by atoms with Gasteiger partial charge in [-0.15, -0.1) is 24.8 Å². The summed E-state index contributed by atoms with van der Waals surface area (Å²) in [7, 11) is 0. The van der Waals surface area contributed by atoms with Gasteiger partial charge in [-0.1, -0.05) is 0 Å². The van der Waals surface area contributed by atoms with Crippen LogP contribution < -0.4 is 10.6 Å². The standard InChI is InChI=1S/C12H20N4O.2ClH/c1-12(4-7-13-8-5-12)15-11(17)3-10-16-9-2-6-14-16;;/h2,6,9,13H,3-5,7-8,10H2,1H3,(H,15,17);2*1H. The molecule has 1 aromatic heterocycles. The summed E-state index contributed by atoms with van der Waals surface area (Å²) in [6.45, 7) is 4.73. The van der Waals surface area contributed by atoms with Crippen molar-refractivity contribution in [3.05, 3.63) is 18.5 Å². The lowest BCUT2D eigenvalue weighted by Gasteiger charge is -2.35. The Bertz CT molecular complexity index is 364. The highest BCUT2D eigenvalue weighted by Crippen LogP contribution is 2.17. The first-order valence-electron chi connectivity index (χ1n) is 6.17. The molecule has 0 atom stereocenters. The van der Waals surface area contributed by atoms with Crippen molar-refractivity contribution in [1.82, 2.24) is 20.4 Å². The lowest BCUT2D eigenvalue weighted by atomic mass is 9.90. The minimum atomic E-state index is -0.0353. The van der Waals surface area contributed by atoms with Gasteiger partial charge in [-0.05, 0) is 38.9 Å². The number of hydrogen-bond donors (Lipinski definition) is 2. The number of hydrogen-bond acceptors (Lipinski definition) is 3. The number of halogens is 2. The summed E-state index contributed by atoms with van der Waals surface area (Å²) in [5.41, 5.74) is -0.0353. The number of aromatic nitrogens is 2. The van der Waals surface area contributed by atoms with Crippen molar-refractivity contribution in [1.29, 1.82) is 0 Å². The first-order chi connectivity index (χ1) is 8.18. The van der Waals surface area contributed by atoms with E-state index in [2.05, 4.69) is 22.7 Å². The van der Waals surface area contributed by atoms with Crippen LogP contribution in [0.15, 0.2) is 18.5 Å². The average Bonchev–Trinajstić information content (AvgIpc) is 2.79. The molecule has 0 radical (unpaired) electrons. The van der Waals surface area contributed by atoms with Gasteiger partial charge < -0.3 is 10.6 Å². The molecular formula is C12H22Cl2N4O. The van der Waals surface area contributed by atoms with Crippen molar-refractivity contribution >= 4 is 30.7 Å². The molecule has 5 nitrogen and oxygen atoms in total. The molecule has 110 valence electrons. The summed E-state index contributed by atoms with van der Waals surface area (Å²) in [6, 6.07) is 1.87. The minimum Gasteiger partial charge on any atom is -0.351 e. The fraction of sp³-hybridized carbons (Fsp3) is 0.667. The Kier molecular flexibility index (Phi) is 8.06. The van der Waals surface area contributed by atoms with Crippen LogP contribution in [0, 0.1) is 0 Å². The number of nitrogens with one attached hydrogen (secondary N) is 2. The largest absolute Gasteiger partial charge is 0.351 e. The summed E-state index contributed by atoms with van der Waals surface area (Å²) in [4.78, 5) is 11.8. The first-order valence-corrected chi connectivity index (χ1v) is 6.17. The second-order valence-corrected chi connectivity index (χ2v) is 4.88. The van der Waals surface area contributed by atoms with Crippen LogP contribution in [0.1, 0.15) is 26.2 Å². The number of carbonyl (C=O) groups is 1. The Labute approximate surface area is 126 Å². The number of nitrogens with zero attached hydrogens (tertiary/aromatic N) is 2. The molecule has 0 aliphatic carbocycles. The van der Waals surface area contributed by atoms with E-state index in [-0.39, 0.29) is 36.3 Å². The second-order valence-electron chi connectivity index (χ2n) is 4.88. The summed E-state index contributed by atoms with van der Waals surface area (Å²) in [5.74, 6) is 0.116. The molecule has 1 aliphatic heterocycles. The van der Waals surface area contributed by atoms with Gasteiger partial charge in [0.1, 0.15) is 0 Å². The molecule has 1 aliphatic rings. The molecule has 1 saturated heterocycles. The van der Waals surface area contributed by atoms with E-state index in [1.807, 2.05) is 12.3 Å². The Hall–Kier alpha value is -0.780. The van der Waals surface area contributed by atoms with Gasteiger partial charge in [-0.25, -0.2) is 0 Å². The molecular weight excluding hydrogens is 287 g/mol. The fourth-order valence-electron chi connectivity index (χ4n) is 2.15. The Morgan fingerprint density at radius 2 is 2.11 bits per heavy atom. The molecule has 1 amide bonds. The van der Waals surface area contributed by atoms with Gasteiger partial charge in [-0.2, -0.15) is 5.10 Å². The van der Waals surface area contributed by atoms with Gasteiger partial charge in [0.05, 0.1) is 0 Å². The van der Waals surface area contributed by atoms with E-state index in [4.69, 9.17) is 0 Å². The molecule has 0 unspecified atom stereocenters. The predicted octanol–water partition coefficient (Wildman–Crippen LogP) is 1.38. The van der Waals surface area contributed by atoms with Crippen LogP contribution >= 0.6 is 24.8 Å². The fourth-order valence-corrected chi connectivity index (χ4v) is 2.15. The number of rotatable bonds is 4. The van der Waals surface area contributed by atoms with E-state index < -0.39 is 0 Å². The molecule has 7 heteroatoms. The normalized spacial score (nSPS) is 16.9. The van der Waals surface area contributed by atoms with Gasteiger partial charge >= 0.3 is 0 Å². The summed E-state index contributed by atoms with van der Waals surface area (Å²) in [6.07, 6.45) is 6.09. The van der Waals surface area contributed by atoms with E-state index in [1.165, 1.54) is 0 Å². The van der Waals surface area contributed by atoms with Crippen molar-refractivity contribution in [3.8, 4) is 0 Å². The monoisotopic (exact) mass is 308 g/mol. The molecule has 2 N–H and O–H groups in total. The first kappa shape index (κ1) is 18.2. The average molecular weight is 309 g/mol. The highest BCUT2D eigenvalue weighted by Gasteiger charge is 2.27. The third-order valence-corrected chi connectivity index (χ3v) is 3.28. The number of carbonyl (C=O) groups excluding carboxylic acids is 1. The molecule has 1 fully saturated rings. The highest BCUT2D eigenvalue weighted by atomic mass is 35.5.